The molecule has 1 fully saturated rings. The summed E-state index contributed by atoms with van der Waals surface area (Å²) in [6, 6.07) is 7.96. The standard InChI is InChI=1S/C17H23N3O/c1-17(2)10-6-5-9-14(17)18-11-15-19-13-8-4-3-7-12(13)16(21)20-15/h3-4,7-8,14,18H,5-6,9-11H2,1-2H3,(H,19,20,21). The van der Waals surface area contributed by atoms with Crippen LogP contribution in [-0.4, -0.2) is 16.0 Å². The summed E-state index contributed by atoms with van der Waals surface area (Å²) in [5, 5.41) is 4.24. The predicted molar refractivity (Wildman–Crippen MR) is 85.2 cm³/mol. The van der Waals surface area contributed by atoms with Crippen LogP contribution in [0.1, 0.15) is 45.4 Å². The van der Waals surface area contributed by atoms with Crippen molar-refractivity contribution < 1.29 is 0 Å². The molecule has 1 aliphatic rings. The molecule has 21 heavy (non-hydrogen) atoms. The van der Waals surface area contributed by atoms with E-state index in [0.717, 1.165) is 11.3 Å². The number of hydrogen-bond acceptors (Lipinski definition) is 3. The van der Waals surface area contributed by atoms with Crippen molar-refractivity contribution in [3.63, 3.8) is 0 Å². The van der Waals surface area contributed by atoms with Crippen LogP contribution in [0.5, 0.6) is 0 Å². The van der Waals surface area contributed by atoms with Crippen molar-refractivity contribution in [2.75, 3.05) is 0 Å². The van der Waals surface area contributed by atoms with E-state index in [9.17, 15) is 4.79 Å². The van der Waals surface area contributed by atoms with E-state index in [-0.39, 0.29) is 5.56 Å². The summed E-state index contributed by atoms with van der Waals surface area (Å²) >= 11 is 0. The van der Waals surface area contributed by atoms with Gasteiger partial charge in [0.1, 0.15) is 5.82 Å². The SMILES string of the molecule is CC1(C)CCCCC1NCc1nc2ccccc2c(=O)[nH]1. The van der Waals surface area contributed by atoms with Crippen molar-refractivity contribution >= 4 is 10.9 Å². The zero-order valence-corrected chi connectivity index (χ0v) is 12.8. The summed E-state index contributed by atoms with van der Waals surface area (Å²) in [6.45, 7) is 5.26. The van der Waals surface area contributed by atoms with Crippen LogP contribution in [0, 0.1) is 5.41 Å². The van der Waals surface area contributed by atoms with Gasteiger partial charge in [-0.3, -0.25) is 4.79 Å². The van der Waals surface area contributed by atoms with E-state index in [2.05, 4.69) is 29.1 Å². The Bertz CT molecular complexity index is 690. The second-order valence-electron chi connectivity index (χ2n) is 6.70. The summed E-state index contributed by atoms with van der Waals surface area (Å²) in [4.78, 5) is 19.5. The number of rotatable bonds is 3. The van der Waals surface area contributed by atoms with Crippen LogP contribution in [0.4, 0.5) is 0 Å². The van der Waals surface area contributed by atoms with Gasteiger partial charge in [-0.25, -0.2) is 4.98 Å². The molecule has 4 heteroatoms. The molecule has 1 heterocycles. The van der Waals surface area contributed by atoms with Crippen LogP contribution in [0.3, 0.4) is 0 Å². The van der Waals surface area contributed by atoms with Gasteiger partial charge in [-0.15, -0.1) is 0 Å². The van der Waals surface area contributed by atoms with Crippen molar-refractivity contribution in [3.05, 3.63) is 40.4 Å². The van der Waals surface area contributed by atoms with Crippen LogP contribution in [0.15, 0.2) is 29.1 Å². The molecule has 1 aromatic heterocycles. The lowest BCUT2D eigenvalue weighted by Gasteiger charge is -2.39. The van der Waals surface area contributed by atoms with Crippen LogP contribution >= 0.6 is 0 Å². The molecule has 1 aliphatic carbocycles. The van der Waals surface area contributed by atoms with Crippen LogP contribution in [-0.2, 0) is 6.54 Å². The first-order chi connectivity index (χ1) is 10.1. The fraction of sp³-hybridized carbons (Fsp3) is 0.529. The van der Waals surface area contributed by atoms with Crippen LogP contribution in [0.25, 0.3) is 10.9 Å². The Labute approximate surface area is 125 Å². The molecule has 0 saturated heterocycles. The number of benzene rings is 1. The Balaban J connectivity index is 1.78. The molecular formula is C17H23N3O. The molecule has 1 unspecified atom stereocenters. The van der Waals surface area contributed by atoms with Gasteiger partial charge in [0.2, 0.25) is 0 Å². The van der Waals surface area contributed by atoms with Crippen molar-refractivity contribution in [3.8, 4) is 0 Å². The zero-order chi connectivity index (χ0) is 14.9. The van der Waals surface area contributed by atoms with Gasteiger partial charge >= 0.3 is 0 Å². The Morgan fingerprint density at radius 3 is 2.95 bits per heavy atom. The molecule has 1 aromatic carbocycles. The first kappa shape index (κ1) is 14.3. The lowest BCUT2D eigenvalue weighted by molar-refractivity contribution is 0.166. The molecule has 2 aromatic rings. The second-order valence-corrected chi connectivity index (χ2v) is 6.70. The summed E-state index contributed by atoms with van der Waals surface area (Å²) < 4.78 is 0. The molecular weight excluding hydrogens is 262 g/mol. The van der Waals surface area contributed by atoms with Crippen molar-refractivity contribution in [2.24, 2.45) is 5.41 Å². The maximum atomic E-state index is 12.1. The Morgan fingerprint density at radius 1 is 1.33 bits per heavy atom. The molecule has 0 radical (unpaired) electrons. The molecule has 2 N–H and O–H groups in total. The predicted octanol–water partition coefficient (Wildman–Crippen LogP) is 2.98. The quantitative estimate of drug-likeness (QED) is 0.911. The van der Waals surface area contributed by atoms with Gasteiger partial charge in [0.15, 0.2) is 0 Å². The van der Waals surface area contributed by atoms with Crippen molar-refractivity contribution in [2.45, 2.75) is 52.1 Å². The van der Waals surface area contributed by atoms with E-state index >= 15 is 0 Å². The lowest BCUT2D eigenvalue weighted by Crippen LogP contribution is -2.44. The third-order valence-electron chi connectivity index (χ3n) is 4.69. The van der Waals surface area contributed by atoms with Gasteiger partial charge in [-0.05, 0) is 30.4 Å². The first-order valence-corrected chi connectivity index (χ1v) is 7.77. The lowest BCUT2D eigenvalue weighted by atomic mass is 9.73. The first-order valence-electron chi connectivity index (χ1n) is 7.77. The van der Waals surface area contributed by atoms with E-state index in [1.807, 2.05) is 24.3 Å². The largest absolute Gasteiger partial charge is 0.309 e. The van der Waals surface area contributed by atoms with E-state index in [0.29, 0.717) is 23.4 Å². The number of hydrogen-bond donors (Lipinski definition) is 2. The van der Waals surface area contributed by atoms with Gasteiger partial charge in [0.05, 0.1) is 17.4 Å². The third kappa shape index (κ3) is 3.00. The Hall–Kier alpha value is -1.68. The molecule has 1 atom stereocenters. The maximum absolute atomic E-state index is 12.1. The number of fused-ring (bicyclic) bond motifs is 1. The highest BCUT2D eigenvalue weighted by atomic mass is 16.1. The van der Waals surface area contributed by atoms with Crippen LogP contribution < -0.4 is 10.9 Å². The molecule has 0 amide bonds. The molecule has 0 aliphatic heterocycles. The van der Waals surface area contributed by atoms with Gasteiger partial charge < -0.3 is 10.3 Å². The molecule has 0 bridgehead atoms. The average Bonchev–Trinajstić information content (AvgIpc) is 2.46. The molecule has 112 valence electrons. The summed E-state index contributed by atoms with van der Waals surface area (Å²) in [6.07, 6.45) is 5.05. The minimum atomic E-state index is -0.0553. The third-order valence-corrected chi connectivity index (χ3v) is 4.69. The normalized spacial score (nSPS) is 21.5. The average molecular weight is 285 g/mol. The van der Waals surface area contributed by atoms with Crippen molar-refractivity contribution in [1.29, 1.82) is 0 Å². The Morgan fingerprint density at radius 2 is 2.14 bits per heavy atom. The highest BCUT2D eigenvalue weighted by Gasteiger charge is 2.31. The van der Waals surface area contributed by atoms with Crippen LogP contribution in [0.2, 0.25) is 0 Å². The van der Waals surface area contributed by atoms with Gasteiger partial charge in [0.25, 0.3) is 5.56 Å². The maximum Gasteiger partial charge on any atom is 0.258 e. The van der Waals surface area contributed by atoms with E-state index in [1.165, 1.54) is 25.7 Å². The molecule has 4 nitrogen and oxygen atoms in total. The second kappa shape index (κ2) is 5.60. The molecule has 1 saturated carbocycles. The fourth-order valence-electron chi connectivity index (χ4n) is 3.31. The zero-order valence-electron chi connectivity index (χ0n) is 12.8. The highest BCUT2D eigenvalue weighted by Crippen LogP contribution is 2.35. The molecule has 0 spiro atoms. The number of aromatic amines is 1. The topological polar surface area (TPSA) is 57.8 Å². The van der Waals surface area contributed by atoms with E-state index < -0.39 is 0 Å². The number of aromatic nitrogens is 2. The van der Waals surface area contributed by atoms with Crippen molar-refractivity contribution in [1.82, 2.24) is 15.3 Å². The van der Waals surface area contributed by atoms with Gasteiger partial charge in [-0.2, -0.15) is 0 Å². The number of para-hydroxylation sites is 1. The number of H-pyrrole nitrogens is 1. The summed E-state index contributed by atoms with van der Waals surface area (Å²) in [7, 11) is 0. The number of nitrogens with zero attached hydrogens (tertiary/aromatic N) is 1. The summed E-state index contributed by atoms with van der Waals surface area (Å²) in [5.41, 5.74) is 1.02. The van der Waals surface area contributed by atoms with Gasteiger partial charge in [0, 0.05) is 6.04 Å². The molecule has 3 rings (SSSR count). The number of nitrogens with one attached hydrogen (secondary N) is 2. The minimum Gasteiger partial charge on any atom is -0.309 e. The summed E-state index contributed by atoms with van der Waals surface area (Å²) in [5.74, 6) is 0.722. The minimum absolute atomic E-state index is 0.0553. The van der Waals surface area contributed by atoms with E-state index in [4.69, 9.17) is 0 Å². The van der Waals surface area contributed by atoms with E-state index in [1.54, 1.807) is 0 Å². The van der Waals surface area contributed by atoms with Gasteiger partial charge in [-0.1, -0.05) is 38.8 Å². The smallest absolute Gasteiger partial charge is 0.258 e. The highest BCUT2D eigenvalue weighted by molar-refractivity contribution is 5.77. The fourth-order valence-corrected chi connectivity index (χ4v) is 3.31. The Kier molecular flexibility index (Phi) is 3.81. The monoisotopic (exact) mass is 285 g/mol.